The van der Waals surface area contributed by atoms with Crippen molar-refractivity contribution in [2.75, 3.05) is 13.1 Å². The third-order valence-corrected chi connectivity index (χ3v) is 4.10. The lowest BCUT2D eigenvalue weighted by Gasteiger charge is -2.22. The summed E-state index contributed by atoms with van der Waals surface area (Å²) in [6.45, 7) is 3.58. The van der Waals surface area contributed by atoms with E-state index >= 15 is 0 Å². The highest BCUT2D eigenvalue weighted by Crippen LogP contribution is 2.34. The number of hydrogen-bond acceptors (Lipinski definition) is 2. The van der Waals surface area contributed by atoms with Gasteiger partial charge in [0.15, 0.2) is 0 Å². The van der Waals surface area contributed by atoms with Gasteiger partial charge in [-0.25, -0.2) is 0 Å². The second kappa shape index (κ2) is 5.33. The highest BCUT2D eigenvalue weighted by molar-refractivity contribution is 5.94. The lowest BCUT2D eigenvalue weighted by Crippen LogP contribution is -2.27. The van der Waals surface area contributed by atoms with Gasteiger partial charge in [0, 0.05) is 25.2 Å². The molecule has 0 bridgehead atoms. The summed E-state index contributed by atoms with van der Waals surface area (Å²) >= 11 is 0. The largest absolute Gasteiger partial charge is 0.384 e. The maximum absolute atomic E-state index is 7.42. The summed E-state index contributed by atoms with van der Waals surface area (Å²) in [5, 5.41) is 7.42. The van der Waals surface area contributed by atoms with E-state index < -0.39 is 0 Å². The van der Waals surface area contributed by atoms with Crippen LogP contribution in [0.25, 0.3) is 0 Å². The number of rotatable bonds is 7. The summed E-state index contributed by atoms with van der Waals surface area (Å²) in [5.41, 5.74) is 7.64. The van der Waals surface area contributed by atoms with Gasteiger partial charge in [0.1, 0.15) is 5.84 Å². The van der Waals surface area contributed by atoms with Crippen molar-refractivity contribution >= 4 is 5.84 Å². The lowest BCUT2D eigenvalue weighted by atomic mass is 10.1. The molecule has 0 amide bonds. The average molecular weight is 257 g/mol. The lowest BCUT2D eigenvalue weighted by molar-refractivity contribution is 0.244. The predicted octanol–water partition coefficient (Wildman–Crippen LogP) is 2.59. The van der Waals surface area contributed by atoms with Gasteiger partial charge < -0.3 is 5.73 Å². The molecule has 19 heavy (non-hydrogen) atoms. The molecule has 3 N–H and O–H groups in total. The van der Waals surface area contributed by atoms with Crippen LogP contribution in [0.3, 0.4) is 0 Å². The minimum Gasteiger partial charge on any atom is -0.384 e. The predicted molar refractivity (Wildman–Crippen MR) is 78.2 cm³/mol. The van der Waals surface area contributed by atoms with Gasteiger partial charge in [0.2, 0.25) is 0 Å². The molecule has 0 radical (unpaired) electrons. The van der Waals surface area contributed by atoms with Gasteiger partial charge in [0.05, 0.1) is 0 Å². The first kappa shape index (κ1) is 12.7. The van der Waals surface area contributed by atoms with Crippen molar-refractivity contribution in [1.29, 1.82) is 5.41 Å². The van der Waals surface area contributed by atoms with Crippen LogP contribution in [0.5, 0.6) is 0 Å². The van der Waals surface area contributed by atoms with E-state index in [-0.39, 0.29) is 5.84 Å². The van der Waals surface area contributed by atoms with Crippen LogP contribution in [0.15, 0.2) is 24.3 Å². The molecule has 0 aliphatic heterocycles. The van der Waals surface area contributed by atoms with Crippen molar-refractivity contribution in [3.8, 4) is 0 Å². The van der Waals surface area contributed by atoms with E-state index in [9.17, 15) is 0 Å². The molecule has 0 heterocycles. The number of benzene rings is 1. The third kappa shape index (κ3) is 3.80. The smallest absolute Gasteiger partial charge is 0.122 e. The summed E-state index contributed by atoms with van der Waals surface area (Å²) in [6.07, 6.45) is 5.68. The average Bonchev–Trinajstić information content (AvgIpc) is 3.26. The van der Waals surface area contributed by atoms with E-state index in [1.807, 2.05) is 12.1 Å². The SMILES string of the molecule is N=C(N)c1ccc(CN(CC2CC2)CC2CC2)cc1. The molecular formula is C16H23N3. The molecule has 3 rings (SSSR count). The second-order valence-corrected chi connectivity index (χ2v) is 6.19. The molecule has 0 aromatic heterocycles. The fraction of sp³-hybridized carbons (Fsp3) is 0.562. The Morgan fingerprint density at radius 3 is 2.00 bits per heavy atom. The third-order valence-electron chi connectivity index (χ3n) is 4.10. The molecule has 0 saturated heterocycles. The van der Waals surface area contributed by atoms with E-state index in [4.69, 9.17) is 11.1 Å². The van der Waals surface area contributed by atoms with Crippen molar-refractivity contribution in [3.05, 3.63) is 35.4 Å². The van der Waals surface area contributed by atoms with Crippen LogP contribution >= 0.6 is 0 Å². The molecule has 1 aromatic rings. The van der Waals surface area contributed by atoms with Gasteiger partial charge in [0.25, 0.3) is 0 Å². The second-order valence-electron chi connectivity index (χ2n) is 6.19. The first-order chi connectivity index (χ1) is 9.20. The van der Waals surface area contributed by atoms with E-state index in [1.165, 1.54) is 44.3 Å². The molecule has 0 unspecified atom stereocenters. The number of amidine groups is 1. The number of nitrogens with zero attached hydrogens (tertiary/aromatic N) is 1. The zero-order chi connectivity index (χ0) is 13.2. The van der Waals surface area contributed by atoms with Crippen LogP contribution < -0.4 is 5.73 Å². The van der Waals surface area contributed by atoms with Crippen LogP contribution in [0, 0.1) is 17.2 Å². The molecule has 2 saturated carbocycles. The number of hydrogen-bond donors (Lipinski definition) is 2. The highest BCUT2D eigenvalue weighted by Gasteiger charge is 2.29. The van der Waals surface area contributed by atoms with E-state index in [2.05, 4.69) is 17.0 Å². The van der Waals surface area contributed by atoms with Crippen molar-refractivity contribution in [2.45, 2.75) is 32.2 Å². The van der Waals surface area contributed by atoms with Gasteiger partial charge in [-0.2, -0.15) is 0 Å². The van der Waals surface area contributed by atoms with Crippen molar-refractivity contribution in [3.63, 3.8) is 0 Å². The van der Waals surface area contributed by atoms with Crippen LogP contribution in [0.2, 0.25) is 0 Å². The Balaban J connectivity index is 1.60. The van der Waals surface area contributed by atoms with Crippen molar-refractivity contribution < 1.29 is 0 Å². The van der Waals surface area contributed by atoms with Crippen LogP contribution in [-0.2, 0) is 6.54 Å². The van der Waals surface area contributed by atoms with Gasteiger partial charge in [-0.15, -0.1) is 0 Å². The molecule has 0 atom stereocenters. The maximum Gasteiger partial charge on any atom is 0.122 e. The monoisotopic (exact) mass is 257 g/mol. The Morgan fingerprint density at radius 2 is 1.58 bits per heavy atom. The Kier molecular flexibility index (Phi) is 3.56. The fourth-order valence-electron chi connectivity index (χ4n) is 2.58. The molecule has 3 heteroatoms. The van der Waals surface area contributed by atoms with E-state index in [0.717, 1.165) is 23.9 Å². The minimum absolute atomic E-state index is 0.152. The molecule has 2 aliphatic rings. The number of nitrogens with two attached hydrogens (primary N) is 1. The fourth-order valence-corrected chi connectivity index (χ4v) is 2.58. The summed E-state index contributed by atoms with van der Waals surface area (Å²) < 4.78 is 0. The van der Waals surface area contributed by atoms with Crippen LogP contribution in [0.4, 0.5) is 0 Å². The minimum atomic E-state index is 0.152. The summed E-state index contributed by atoms with van der Waals surface area (Å²) in [6, 6.07) is 8.15. The summed E-state index contributed by atoms with van der Waals surface area (Å²) in [4.78, 5) is 2.62. The summed E-state index contributed by atoms with van der Waals surface area (Å²) in [5.74, 6) is 2.06. The molecule has 2 fully saturated rings. The normalized spacial score (nSPS) is 18.8. The zero-order valence-corrected chi connectivity index (χ0v) is 11.4. The topological polar surface area (TPSA) is 53.1 Å². The molecular weight excluding hydrogens is 234 g/mol. The van der Waals surface area contributed by atoms with Crippen LogP contribution in [-0.4, -0.2) is 23.8 Å². The molecule has 1 aromatic carbocycles. The summed E-state index contributed by atoms with van der Waals surface area (Å²) in [7, 11) is 0. The zero-order valence-electron chi connectivity index (χ0n) is 11.4. The van der Waals surface area contributed by atoms with Gasteiger partial charge >= 0.3 is 0 Å². The van der Waals surface area contributed by atoms with Crippen molar-refractivity contribution in [2.24, 2.45) is 17.6 Å². The Hall–Kier alpha value is -1.35. The quantitative estimate of drug-likeness (QED) is 0.582. The standard InChI is InChI=1S/C16H23N3/c17-16(18)15-7-5-14(6-8-15)11-19(9-12-1-2-12)10-13-3-4-13/h5-8,12-13H,1-4,9-11H2,(H3,17,18). The number of nitrogens with one attached hydrogen (secondary N) is 1. The highest BCUT2D eigenvalue weighted by atomic mass is 15.1. The Morgan fingerprint density at radius 1 is 1.05 bits per heavy atom. The van der Waals surface area contributed by atoms with Crippen molar-refractivity contribution in [1.82, 2.24) is 4.90 Å². The van der Waals surface area contributed by atoms with Crippen LogP contribution in [0.1, 0.15) is 36.8 Å². The van der Waals surface area contributed by atoms with Gasteiger partial charge in [-0.3, -0.25) is 10.3 Å². The van der Waals surface area contributed by atoms with Gasteiger partial charge in [-0.05, 0) is 43.1 Å². The Labute approximate surface area is 115 Å². The van der Waals surface area contributed by atoms with E-state index in [1.54, 1.807) is 0 Å². The van der Waals surface area contributed by atoms with Gasteiger partial charge in [-0.1, -0.05) is 24.3 Å². The molecule has 3 nitrogen and oxygen atoms in total. The molecule has 0 spiro atoms. The first-order valence-electron chi connectivity index (χ1n) is 7.36. The van der Waals surface area contributed by atoms with E-state index in [0.29, 0.717) is 0 Å². The number of nitrogen functional groups attached to an aromatic ring is 1. The maximum atomic E-state index is 7.42. The molecule has 102 valence electrons. The molecule has 2 aliphatic carbocycles. The first-order valence-corrected chi connectivity index (χ1v) is 7.36. The Bertz CT molecular complexity index is 430.